The fourth-order valence-corrected chi connectivity index (χ4v) is 9.18. The normalized spacial score (nSPS) is 12.8. The molecule has 0 radical (unpaired) electrons. The smallest absolute Gasteiger partial charge is 0.0979 e. The van der Waals surface area contributed by atoms with Crippen LogP contribution in [-0.2, 0) is 5.41 Å². The van der Waals surface area contributed by atoms with Crippen LogP contribution in [-0.4, -0.2) is 9.97 Å². The fraction of sp³-hybridized carbons (Fsp3) is 0.0545. The van der Waals surface area contributed by atoms with Crippen LogP contribution in [0.15, 0.2) is 200 Å². The van der Waals surface area contributed by atoms with Crippen LogP contribution in [0.3, 0.4) is 0 Å². The van der Waals surface area contributed by atoms with Gasteiger partial charge in [-0.1, -0.05) is 166 Å². The largest absolute Gasteiger partial charge is 0.310 e. The van der Waals surface area contributed by atoms with Crippen molar-refractivity contribution in [1.29, 1.82) is 0 Å². The van der Waals surface area contributed by atoms with E-state index >= 15 is 0 Å². The molecular weight excluding hydrogens is 703 g/mol. The van der Waals surface area contributed by atoms with Gasteiger partial charge in [0.05, 0.1) is 22.4 Å². The highest BCUT2D eigenvalue weighted by Gasteiger charge is 2.38. The van der Waals surface area contributed by atoms with Gasteiger partial charge in [0.25, 0.3) is 0 Å². The van der Waals surface area contributed by atoms with E-state index in [9.17, 15) is 0 Å². The number of hydrogen-bond donors (Lipinski definition) is 0. The van der Waals surface area contributed by atoms with Crippen LogP contribution >= 0.6 is 0 Å². The molecule has 1 aromatic heterocycles. The zero-order valence-corrected chi connectivity index (χ0v) is 32.4. The molecule has 0 atom stereocenters. The lowest BCUT2D eigenvalue weighted by Crippen LogP contribution is -2.16. The standard InChI is InChI=1S/C55H39N3/c1-55(2)47-26-16-15-25-44(47)51-46(34-43(35-48(51)55)58(41-21-11-5-12-22-41)42-23-13-6-14-24-42)40-30-28-36-27-29-37-31-32-49-54(50(37)45(36)33-40)57-53(39-19-9-4-10-20-39)52(56-49)38-17-7-3-8-18-38/h3-35H,1-2H3. The first-order valence-corrected chi connectivity index (χ1v) is 20.0. The monoisotopic (exact) mass is 741 g/mol. The van der Waals surface area contributed by atoms with Gasteiger partial charge in [0, 0.05) is 39.0 Å². The average molecular weight is 742 g/mol. The molecule has 10 aromatic rings. The maximum absolute atomic E-state index is 5.54. The van der Waals surface area contributed by atoms with Crippen molar-refractivity contribution in [2.24, 2.45) is 0 Å². The highest BCUT2D eigenvalue weighted by Crippen LogP contribution is 2.54. The lowest BCUT2D eigenvalue weighted by molar-refractivity contribution is 0.660. The molecule has 1 aliphatic rings. The summed E-state index contributed by atoms with van der Waals surface area (Å²) in [6.45, 7) is 4.74. The van der Waals surface area contributed by atoms with Gasteiger partial charge in [0.15, 0.2) is 0 Å². The molecule has 58 heavy (non-hydrogen) atoms. The van der Waals surface area contributed by atoms with E-state index in [1.807, 2.05) is 6.07 Å². The summed E-state index contributed by atoms with van der Waals surface area (Å²) in [5, 5.41) is 4.59. The van der Waals surface area contributed by atoms with Crippen LogP contribution in [0.1, 0.15) is 25.0 Å². The summed E-state index contributed by atoms with van der Waals surface area (Å²) in [5.74, 6) is 0. The molecule has 0 N–H and O–H groups in total. The SMILES string of the molecule is CC1(C)c2ccccc2-c2c(-c3ccc4ccc5ccc6nc(-c7ccccc7)c(-c7ccccc7)nc6c5c4c3)cc(N(c3ccccc3)c3ccccc3)cc21. The van der Waals surface area contributed by atoms with Crippen LogP contribution in [0.25, 0.3) is 77.3 Å². The zero-order chi connectivity index (χ0) is 38.8. The van der Waals surface area contributed by atoms with Crippen molar-refractivity contribution >= 4 is 49.6 Å². The molecule has 0 fully saturated rings. The summed E-state index contributed by atoms with van der Waals surface area (Å²) >= 11 is 0. The van der Waals surface area contributed by atoms with E-state index in [1.165, 1.54) is 38.8 Å². The minimum atomic E-state index is -0.199. The summed E-state index contributed by atoms with van der Waals surface area (Å²) in [7, 11) is 0. The zero-order valence-electron chi connectivity index (χ0n) is 32.4. The Kier molecular flexibility index (Phi) is 7.84. The highest BCUT2D eigenvalue weighted by molar-refractivity contribution is 6.19. The van der Waals surface area contributed by atoms with E-state index in [0.717, 1.165) is 66.8 Å². The first kappa shape index (κ1) is 33.9. The van der Waals surface area contributed by atoms with Crippen molar-refractivity contribution in [3.8, 4) is 44.8 Å². The van der Waals surface area contributed by atoms with Crippen molar-refractivity contribution in [3.05, 3.63) is 211 Å². The van der Waals surface area contributed by atoms with Gasteiger partial charge in [-0.05, 0) is 98.1 Å². The first-order chi connectivity index (χ1) is 28.5. The van der Waals surface area contributed by atoms with Gasteiger partial charge in [0.2, 0.25) is 0 Å². The fourth-order valence-electron chi connectivity index (χ4n) is 9.18. The summed E-state index contributed by atoms with van der Waals surface area (Å²) in [6.07, 6.45) is 0. The van der Waals surface area contributed by atoms with Crippen LogP contribution < -0.4 is 4.90 Å². The minimum Gasteiger partial charge on any atom is -0.310 e. The van der Waals surface area contributed by atoms with E-state index in [0.29, 0.717) is 0 Å². The maximum atomic E-state index is 5.54. The predicted molar refractivity (Wildman–Crippen MR) is 243 cm³/mol. The number of anilines is 3. The minimum absolute atomic E-state index is 0.199. The Balaban J connectivity index is 1.20. The van der Waals surface area contributed by atoms with Gasteiger partial charge in [-0.3, -0.25) is 0 Å². The van der Waals surface area contributed by atoms with E-state index in [-0.39, 0.29) is 5.41 Å². The number of rotatable bonds is 6. The van der Waals surface area contributed by atoms with Gasteiger partial charge in [-0.2, -0.15) is 0 Å². The van der Waals surface area contributed by atoms with E-state index in [1.54, 1.807) is 0 Å². The molecule has 11 rings (SSSR count). The third-order valence-electron chi connectivity index (χ3n) is 12.0. The van der Waals surface area contributed by atoms with E-state index in [4.69, 9.17) is 9.97 Å². The molecule has 274 valence electrons. The molecule has 0 spiro atoms. The maximum Gasteiger partial charge on any atom is 0.0979 e. The number of para-hydroxylation sites is 2. The average Bonchev–Trinajstić information content (AvgIpc) is 3.52. The molecule has 1 heterocycles. The molecule has 3 nitrogen and oxygen atoms in total. The molecule has 0 saturated carbocycles. The Labute approximate surface area is 338 Å². The van der Waals surface area contributed by atoms with Gasteiger partial charge in [0.1, 0.15) is 0 Å². The highest BCUT2D eigenvalue weighted by atomic mass is 15.1. The van der Waals surface area contributed by atoms with Crippen molar-refractivity contribution < 1.29 is 0 Å². The summed E-state index contributed by atoms with van der Waals surface area (Å²) in [5.41, 5.74) is 16.5. The van der Waals surface area contributed by atoms with Gasteiger partial charge >= 0.3 is 0 Å². The quantitative estimate of drug-likeness (QED) is 0.159. The second-order valence-electron chi connectivity index (χ2n) is 15.8. The van der Waals surface area contributed by atoms with Crippen LogP contribution in [0, 0.1) is 0 Å². The van der Waals surface area contributed by atoms with Gasteiger partial charge < -0.3 is 4.90 Å². The Morgan fingerprint density at radius 3 is 1.64 bits per heavy atom. The molecule has 0 aliphatic heterocycles. The third kappa shape index (κ3) is 5.43. The summed E-state index contributed by atoms with van der Waals surface area (Å²) < 4.78 is 0. The number of nitrogens with zero attached hydrogens (tertiary/aromatic N) is 3. The molecule has 1 aliphatic carbocycles. The number of benzene rings is 9. The Morgan fingerprint density at radius 2 is 0.966 bits per heavy atom. The second-order valence-corrected chi connectivity index (χ2v) is 15.8. The molecular formula is C55H39N3. The van der Waals surface area contributed by atoms with Gasteiger partial charge in [-0.25, -0.2) is 9.97 Å². The van der Waals surface area contributed by atoms with Crippen molar-refractivity contribution in [2.75, 3.05) is 4.90 Å². The number of aromatic nitrogens is 2. The van der Waals surface area contributed by atoms with Crippen LogP contribution in [0.5, 0.6) is 0 Å². The van der Waals surface area contributed by atoms with Crippen molar-refractivity contribution in [3.63, 3.8) is 0 Å². The van der Waals surface area contributed by atoms with Crippen LogP contribution in [0.2, 0.25) is 0 Å². The first-order valence-electron chi connectivity index (χ1n) is 20.0. The lowest BCUT2D eigenvalue weighted by Gasteiger charge is -2.29. The Hall–Kier alpha value is -7.36. The lowest BCUT2D eigenvalue weighted by atomic mass is 9.81. The van der Waals surface area contributed by atoms with Gasteiger partial charge in [-0.15, -0.1) is 0 Å². The van der Waals surface area contributed by atoms with Crippen LogP contribution in [0.4, 0.5) is 17.1 Å². The predicted octanol–water partition coefficient (Wildman–Crippen LogP) is 14.7. The third-order valence-corrected chi connectivity index (χ3v) is 12.0. The molecule has 0 amide bonds. The molecule has 0 unspecified atom stereocenters. The Morgan fingerprint density at radius 1 is 0.414 bits per heavy atom. The number of hydrogen-bond acceptors (Lipinski definition) is 3. The van der Waals surface area contributed by atoms with E-state index < -0.39 is 0 Å². The summed E-state index contributed by atoms with van der Waals surface area (Å²) in [4.78, 5) is 13.3. The van der Waals surface area contributed by atoms with Crippen molar-refractivity contribution in [1.82, 2.24) is 9.97 Å². The number of fused-ring (bicyclic) bond motifs is 8. The summed E-state index contributed by atoms with van der Waals surface area (Å²) in [6, 6.07) is 71.8. The topological polar surface area (TPSA) is 29.0 Å². The molecule has 0 saturated heterocycles. The van der Waals surface area contributed by atoms with Crippen molar-refractivity contribution in [2.45, 2.75) is 19.3 Å². The molecule has 0 bridgehead atoms. The molecule has 3 heteroatoms. The molecule has 9 aromatic carbocycles. The van der Waals surface area contributed by atoms with E-state index in [2.05, 4.69) is 213 Å². The second kappa shape index (κ2) is 13.4. The Bertz CT molecular complexity index is 3130.